The SMILES string of the molecule is CC1CN(S(=O)(=O)N2CCN(C(=O)c3ccc(N(C)C)nn3)CC2)CC(C)O1. The molecule has 2 saturated heterocycles. The van der Waals surface area contributed by atoms with Crippen molar-refractivity contribution in [3.8, 4) is 0 Å². The molecular weight excluding hydrogens is 384 g/mol. The van der Waals surface area contributed by atoms with Crippen molar-refractivity contribution in [2.24, 2.45) is 0 Å². The first kappa shape index (κ1) is 20.9. The number of anilines is 1. The van der Waals surface area contributed by atoms with Crippen LogP contribution in [0.25, 0.3) is 0 Å². The van der Waals surface area contributed by atoms with Gasteiger partial charge in [0.1, 0.15) is 0 Å². The molecule has 0 radical (unpaired) electrons. The van der Waals surface area contributed by atoms with Crippen LogP contribution in [-0.2, 0) is 14.9 Å². The van der Waals surface area contributed by atoms with E-state index < -0.39 is 10.2 Å². The monoisotopic (exact) mass is 412 g/mol. The highest BCUT2D eigenvalue weighted by molar-refractivity contribution is 7.86. The molecule has 28 heavy (non-hydrogen) atoms. The average Bonchev–Trinajstić information content (AvgIpc) is 2.67. The molecule has 0 N–H and O–H groups in total. The van der Waals surface area contributed by atoms with Crippen molar-refractivity contribution in [3.63, 3.8) is 0 Å². The van der Waals surface area contributed by atoms with Crippen LogP contribution in [0.5, 0.6) is 0 Å². The summed E-state index contributed by atoms with van der Waals surface area (Å²) < 4.78 is 34.4. The Morgan fingerprint density at radius 2 is 1.64 bits per heavy atom. The number of morpholine rings is 1. The third-order valence-electron chi connectivity index (χ3n) is 4.89. The van der Waals surface area contributed by atoms with Crippen LogP contribution in [0.2, 0.25) is 0 Å². The third kappa shape index (κ3) is 4.43. The van der Waals surface area contributed by atoms with Gasteiger partial charge in [0.15, 0.2) is 11.5 Å². The highest BCUT2D eigenvalue weighted by Crippen LogP contribution is 2.19. The number of nitrogens with zero attached hydrogens (tertiary/aromatic N) is 6. The van der Waals surface area contributed by atoms with Gasteiger partial charge in [0.25, 0.3) is 16.1 Å². The van der Waals surface area contributed by atoms with Crippen molar-refractivity contribution in [1.29, 1.82) is 0 Å². The maximum atomic E-state index is 12.9. The molecule has 2 aliphatic heterocycles. The molecule has 0 aromatic carbocycles. The highest BCUT2D eigenvalue weighted by Gasteiger charge is 2.37. The van der Waals surface area contributed by atoms with Crippen molar-refractivity contribution < 1.29 is 17.9 Å². The van der Waals surface area contributed by atoms with Crippen LogP contribution in [0.1, 0.15) is 24.3 Å². The summed E-state index contributed by atoms with van der Waals surface area (Å²) in [7, 11) is 0.132. The number of hydrogen-bond acceptors (Lipinski definition) is 7. The second kappa shape index (κ2) is 8.27. The lowest BCUT2D eigenvalue weighted by Crippen LogP contribution is -2.57. The summed E-state index contributed by atoms with van der Waals surface area (Å²) in [4.78, 5) is 16.1. The van der Waals surface area contributed by atoms with E-state index >= 15 is 0 Å². The van der Waals surface area contributed by atoms with Crippen molar-refractivity contribution in [2.45, 2.75) is 26.1 Å². The molecule has 1 aromatic heterocycles. The predicted octanol–water partition coefficient (Wildman–Crippen LogP) is -0.346. The van der Waals surface area contributed by atoms with Gasteiger partial charge in [0, 0.05) is 53.4 Å². The van der Waals surface area contributed by atoms with E-state index in [0.29, 0.717) is 32.0 Å². The minimum atomic E-state index is -3.56. The Kier molecular flexibility index (Phi) is 6.18. The Morgan fingerprint density at radius 3 is 2.14 bits per heavy atom. The summed E-state index contributed by atoms with van der Waals surface area (Å²) in [6.07, 6.45) is -0.268. The number of ether oxygens (including phenoxy) is 1. The first-order valence-corrected chi connectivity index (χ1v) is 10.8. The molecule has 0 bridgehead atoms. The van der Waals surface area contributed by atoms with Crippen LogP contribution in [0.4, 0.5) is 5.82 Å². The van der Waals surface area contributed by atoms with Gasteiger partial charge in [0.05, 0.1) is 12.2 Å². The highest BCUT2D eigenvalue weighted by atomic mass is 32.2. The summed E-state index contributed by atoms with van der Waals surface area (Å²) in [6.45, 7) is 5.61. The first-order valence-electron chi connectivity index (χ1n) is 9.39. The molecule has 2 aliphatic rings. The minimum absolute atomic E-state index is 0.134. The van der Waals surface area contributed by atoms with E-state index in [-0.39, 0.29) is 36.9 Å². The average molecular weight is 413 g/mol. The lowest BCUT2D eigenvalue weighted by molar-refractivity contribution is -0.0457. The molecule has 0 saturated carbocycles. The molecule has 156 valence electrons. The van der Waals surface area contributed by atoms with Crippen LogP contribution in [0.15, 0.2) is 12.1 Å². The number of rotatable bonds is 4. The Morgan fingerprint density at radius 1 is 1.04 bits per heavy atom. The largest absolute Gasteiger partial charge is 0.373 e. The van der Waals surface area contributed by atoms with E-state index in [0.717, 1.165) is 0 Å². The molecule has 0 spiro atoms. The van der Waals surface area contributed by atoms with Crippen LogP contribution >= 0.6 is 0 Å². The Hall–Kier alpha value is -1.82. The van der Waals surface area contributed by atoms with Crippen molar-refractivity contribution in [1.82, 2.24) is 23.7 Å². The van der Waals surface area contributed by atoms with E-state index in [1.807, 2.05) is 27.9 Å². The van der Waals surface area contributed by atoms with Crippen molar-refractivity contribution >= 4 is 21.9 Å². The van der Waals surface area contributed by atoms with Gasteiger partial charge in [-0.05, 0) is 26.0 Å². The van der Waals surface area contributed by atoms with Gasteiger partial charge in [-0.25, -0.2) is 0 Å². The molecule has 0 aliphatic carbocycles. The van der Waals surface area contributed by atoms with Crippen molar-refractivity contribution in [3.05, 3.63) is 17.8 Å². The van der Waals surface area contributed by atoms with Crippen LogP contribution in [-0.4, -0.2) is 104 Å². The molecule has 3 heterocycles. The van der Waals surface area contributed by atoms with E-state index in [4.69, 9.17) is 4.74 Å². The molecule has 3 rings (SSSR count). The standard InChI is InChI=1S/C17H28N6O4S/c1-13-11-23(12-14(2)27-13)28(25,26)22-9-7-21(8-10-22)17(24)15-5-6-16(19-18-15)20(3)4/h5-6,13-14H,7-12H2,1-4H3. The van der Waals surface area contributed by atoms with Gasteiger partial charge in [-0.15, -0.1) is 10.2 Å². The van der Waals surface area contributed by atoms with Crippen molar-refractivity contribution in [2.75, 3.05) is 58.3 Å². The number of carbonyl (C=O) groups is 1. The van der Waals surface area contributed by atoms with Gasteiger partial charge in [-0.1, -0.05) is 0 Å². The number of aromatic nitrogens is 2. The number of carbonyl (C=O) groups excluding carboxylic acids is 1. The van der Waals surface area contributed by atoms with E-state index in [2.05, 4.69) is 10.2 Å². The van der Waals surface area contributed by atoms with Crippen LogP contribution < -0.4 is 4.90 Å². The topological polar surface area (TPSA) is 99.2 Å². The quantitative estimate of drug-likeness (QED) is 0.667. The molecule has 2 fully saturated rings. The van der Waals surface area contributed by atoms with Gasteiger partial charge < -0.3 is 14.5 Å². The molecule has 1 aromatic rings. The summed E-state index contributed by atoms with van der Waals surface area (Å²) in [5.41, 5.74) is 0.262. The van der Waals surface area contributed by atoms with E-state index in [9.17, 15) is 13.2 Å². The Labute approximate surface area is 166 Å². The fourth-order valence-corrected chi connectivity index (χ4v) is 5.19. The van der Waals surface area contributed by atoms with E-state index in [1.165, 1.54) is 8.61 Å². The summed E-state index contributed by atoms with van der Waals surface area (Å²) >= 11 is 0. The third-order valence-corrected chi connectivity index (χ3v) is 6.86. The fourth-order valence-electron chi connectivity index (χ4n) is 3.44. The van der Waals surface area contributed by atoms with E-state index in [1.54, 1.807) is 21.9 Å². The molecule has 2 unspecified atom stereocenters. The number of hydrogen-bond donors (Lipinski definition) is 0. The molecule has 1 amide bonds. The second-order valence-electron chi connectivity index (χ2n) is 7.44. The predicted molar refractivity (Wildman–Crippen MR) is 104 cm³/mol. The summed E-state index contributed by atoms with van der Waals surface area (Å²) in [5, 5.41) is 8.02. The van der Waals surface area contributed by atoms with Crippen LogP contribution in [0.3, 0.4) is 0 Å². The Bertz CT molecular complexity index is 782. The number of amides is 1. The molecular formula is C17H28N6O4S. The smallest absolute Gasteiger partial charge is 0.282 e. The molecule has 11 heteroatoms. The minimum Gasteiger partial charge on any atom is -0.373 e. The van der Waals surface area contributed by atoms with Gasteiger partial charge >= 0.3 is 0 Å². The fraction of sp³-hybridized carbons (Fsp3) is 0.706. The Balaban J connectivity index is 1.61. The molecule has 2 atom stereocenters. The normalized spacial score (nSPS) is 24.9. The van der Waals surface area contributed by atoms with Gasteiger partial charge in [-0.3, -0.25) is 4.79 Å². The van der Waals surface area contributed by atoms with Crippen LogP contribution in [0, 0.1) is 0 Å². The first-order chi connectivity index (χ1) is 13.2. The zero-order valence-electron chi connectivity index (χ0n) is 16.8. The molecule has 10 nitrogen and oxygen atoms in total. The second-order valence-corrected chi connectivity index (χ2v) is 9.37. The summed E-state index contributed by atoms with van der Waals surface area (Å²) in [5.74, 6) is 0.435. The lowest BCUT2D eigenvalue weighted by atomic mass is 10.3. The van der Waals surface area contributed by atoms with Gasteiger partial charge in [-0.2, -0.15) is 17.0 Å². The number of piperazine rings is 1. The maximum Gasteiger partial charge on any atom is 0.282 e. The zero-order valence-corrected chi connectivity index (χ0v) is 17.6. The lowest BCUT2D eigenvalue weighted by Gasteiger charge is -2.40. The maximum absolute atomic E-state index is 12.9. The van der Waals surface area contributed by atoms with Gasteiger partial charge in [0.2, 0.25) is 0 Å². The zero-order chi connectivity index (χ0) is 20.5. The summed E-state index contributed by atoms with van der Waals surface area (Å²) in [6, 6.07) is 3.38.